The predicted molar refractivity (Wildman–Crippen MR) is 126 cm³/mol. The maximum atomic E-state index is 12.4. The van der Waals surface area contributed by atoms with Gasteiger partial charge in [-0.25, -0.2) is 9.59 Å². The van der Waals surface area contributed by atoms with E-state index in [1.54, 1.807) is 24.8 Å². The van der Waals surface area contributed by atoms with E-state index in [1.807, 2.05) is 35.9 Å². The number of carbonyl (C=O) groups is 3. The van der Waals surface area contributed by atoms with Crippen LogP contribution in [-0.2, 0) is 25.5 Å². The summed E-state index contributed by atoms with van der Waals surface area (Å²) < 4.78 is 10.1. The van der Waals surface area contributed by atoms with Crippen LogP contribution >= 0.6 is 23.1 Å². The molecule has 0 saturated carbocycles. The van der Waals surface area contributed by atoms with Crippen molar-refractivity contribution in [2.45, 2.75) is 32.1 Å². The lowest BCUT2D eigenvalue weighted by atomic mass is 10.0. The lowest BCUT2D eigenvalue weighted by Crippen LogP contribution is -2.21. The van der Waals surface area contributed by atoms with E-state index in [4.69, 9.17) is 9.47 Å². The molecule has 166 valence electrons. The van der Waals surface area contributed by atoms with E-state index in [0.29, 0.717) is 22.9 Å². The molecular formula is C23H27NO5S2. The molecule has 1 aromatic carbocycles. The second kappa shape index (κ2) is 12.3. The topological polar surface area (TPSA) is 81.7 Å². The minimum Gasteiger partial charge on any atom is -0.462 e. The number of hydrogen-bond acceptors (Lipinski definition) is 7. The largest absolute Gasteiger partial charge is 0.462 e. The van der Waals surface area contributed by atoms with Crippen molar-refractivity contribution >= 4 is 52.0 Å². The number of hydrogen-bond donors (Lipinski definition) is 1. The molecule has 1 amide bonds. The molecule has 0 fully saturated rings. The highest BCUT2D eigenvalue weighted by atomic mass is 32.2. The summed E-state index contributed by atoms with van der Waals surface area (Å²) in [6, 6.07) is 7.70. The van der Waals surface area contributed by atoms with Crippen LogP contribution in [0.5, 0.6) is 0 Å². The molecule has 2 rings (SSSR count). The highest BCUT2D eigenvalue weighted by Crippen LogP contribution is 2.31. The smallest absolute Gasteiger partial charge is 0.341 e. The van der Waals surface area contributed by atoms with E-state index >= 15 is 0 Å². The van der Waals surface area contributed by atoms with Gasteiger partial charge in [0.2, 0.25) is 0 Å². The van der Waals surface area contributed by atoms with E-state index in [1.165, 1.54) is 17.4 Å². The van der Waals surface area contributed by atoms with Crippen molar-refractivity contribution < 1.29 is 23.9 Å². The SMILES string of the molecule is CCOC(=O)c1c(CC(C)C)csc1NC(=O)COC(=O)C=Cc1ccc(SC)cc1. The monoisotopic (exact) mass is 461 g/mol. The molecule has 1 N–H and O–H groups in total. The lowest BCUT2D eigenvalue weighted by molar-refractivity contribution is -0.142. The van der Waals surface area contributed by atoms with E-state index in [0.717, 1.165) is 16.0 Å². The van der Waals surface area contributed by atoms with Gasteiger partial charge in [-0.05, 0) is 60.2 Å². The second-order valence-corrected chi connectivity index (χ2v) is 8.81. The van der Waals surface area contributed by atoms with E-state index < -0.39 is 24.5 Å². The number of thiophene rings is 1. The van der Waals surface area contributed by atoms with Crippen LogP contribution in [0, 0.1) is 5.92 Å². The lowest BCUT2D eigenvalue weighted by Gasteiger charge is -2.10. The zero-order chi connectivity index (χ0) is 22.8. The number of nitrogens with one attached hydrogen (secondary N) is 1. The van der Waals surface area contributed by atoms with E-state index in [2.05, 4.69) is 19.2 Å². The van der Waals surface area contributed by atoms with Gasteiger partial charge in [-0.1, -0.05) is 26.0 Å². The van der Waals surface area contributed by atoms with Crippen LogP contribution in [-0.4, -0.2) is 37.3 Å². The Labute approximate surface area is 191 Å². The molecule has 0 aliphatic rings. The molecule has 1 heterocycles. The van der Waals surface area contributed by atoms with Crippen LogP contribution in [0.3, 0.4) is 0 Å². The average molecular weight is 462 g/mol. The Morgan fingerprint density at radius 2 is 1.87 bits per heavy atom. The first-order valence-corrected chi connectivity index (χ1v) is 12.0. The Bertz CT molecular complexity index is 932. The molecule has 0 spiro atoms. The van der Waals surface area contributed by atoms with Crippen molar-refractivity contribution in [2.24, 2.45) is 5.92 Å². The number of ether oxygens (including phenoxy) is 2. The maximum absolute atomic E-state index is 12.4. The first-order valence-electron chi connectivity index (χ1n) is 9.90. The summed E-state index contributed by atoms with van der Waals surface area (Å²) in [5.41, 5.74) is 2.06. The summed E-state index contributed by atoms with van der Waals surface area (Å²) in [5, 5.41) is 4.91. The molecule has 0 aliphatic heterocycles. The van der Waals surface area contributed by atoms with Crippen molar-refractivity contribution in [1.82, 2.24) is 0 Å². The van der Waals surface area contributed by atoms with Crippen molar-refractivity contribution in [3.63, 3.8) is 0 Å². The van der Waals surface area contributed by atoms with Crippen LogP contribution in [0.25, 0.3) is 6.08 Å². The van der Waals surface area contributed by atoms with Crippen molar-refractivity contribution in [1.29, 1.82) is 0 Å². The van der Waals surface area contributed by atoms with Crippen molar-refractivity contribution in [3.05, 3.63) is 52.4 Å². The minimum absolute atomic E-state index is 0.243. The Morgan fingerprint density at radius 3 is 2.48 bits per heavy atom. The molecule has 8 heteroatoms. The molecule has 0 radical (unpaired) electrons. The van der Waals surface area contributed by atoms with Crippen LogP contribution in [0.15, 0.2) is 40.6 Å². The summed E-state index contributed by atoms with van der Waals surface area (Å²) >= 11 is 2.89. The standard InChI is InChI=1S/C23H27NO5S2/c1-5-28-23(27)21-17(12-15(2)3)14-31-22(21)24-19(25)13-29-20(26)11-8-16-6-9-18(30-4)10-7-16/h6-11,14-15H,5,12-13H2,1-4H3,(H,24,25). The number of rotatable bonds is 10. The molecule has 0 atom stereocenters. The molecule has 31 heavy (non-hydrogen) atoms. The van der Waals surface area contributed by atoms with Crippen LogP contribution < -0.4 is 5.32 Å². The summed E-state index contributed by atoms with van der Waals surface area (Å²) in [5.74, 6) is -1.27. The van der Waals surface area contributed by atoms with Gasteiger partial charge < -0.3 is 14.8 Å². The van der Waals surface area contributed by atoms with Crippen molar-refractivity contribution in [3.8, 4) is 0 Å². The second-order valence-electron chi connectivity index (χ2n) is 7.05. The molecular weight excluding hydrogens is 434 g/mol. The van der Waals surface area contributed by atoms with E-state index in [9.17, 15) is 14.4 Å². The number of thioether (sulfide) groups is 1. The Balaban J connectivity index is 1.95. The first kappa shape index (κ1) is 24.7. The zero-order valence-electron chi connectivity index (χ0n) is 18.1. The van der Waals surface area contributed by atoms with Crippen LogP contribution in [0.1, 0.15) is 42.3 Å². The molecule has 6 nitrogen and oxygen atoms in total. The zero-order valence-corrected chi connectivity index (χ0v) is 19.7. The highest BCUT2D eigenvalue weighted by Gasteiger charge is 2.22. The number of carbonyl (C=O) groups excluding carboxylic acids is 3. The number of benzene rings is 1. The van der Waals surface area contributed by atoms with Crippen LogP contribution in [0.4, 0.5) is 5.00 Å². The highest BCUT2D eigenvalue weighted by molar-refractivity contribution is 7.98. The maximum Gasteiger partial charge on any atom is 0.341 e. The molecule has 0 unspecified atom stereocenters. The van der Waals surface area contributed by atoms with E-state index in [-0.39, 0.29) is 6.61 Å². The Kier molecular flexibility index (Phi) is 9.81. The molecule has 1 aromatic heterocycles. The molecule has 0 bridgehead atoms. The average Bonchev–Trinajstić information content (AvgIpc) is 3.12. The quantitative estimate of drug-likeness (QED) is 0.303. The molecule has 0 saturated heterocycles. The minimum atomic E-state index is -0.624. The fraction of sp³-hybridized carbons (Fsp3) is 0.348. The summed E-state index contributed by atoms with van der Waals surface area (Å²) in [4.78, 5) is 37.7. The van der Waals surface area contributed by atoms with Gasteiger partial charge >= 0.3 is 11.9 Å². The van der Waals surface area contributed by atoms with Crippen molar-refractivity contribution in [2.75, 3.05) is 24.8 Å². The molecule has 0 aliphatic carbocycles. The van der Waals surface area contributed by atoms with Gasteiger partial charge in [0, 0.05) is 11.0 Å². The summed E-state index contributed by atoms with van der Waals surface area (Å²) in [7, 11) is 0. The third kappa shape index (κ3) is 7.88. The third-order valence-corrected chi connectivity index (χ3v) is 5.79. The number of anilines is 1. The fourth-order valence-corrected chi connectivity index (χ4v) is 4.12. The number of amides is 1. The van der Waals surface area contributed by atoms with Gasteiger partial charge in [-0.15, -0.1) is 23.1 Å². The van der Waals surface area contributed by atoms with Gasteiger partial charge in [0.25, 0.3) is 5.91 Å². The summed E-state index contributed by atoms with van der Waals surface area (Å²) in [6.45, 7) is 5.63. The summed E-state index contributed by atoms with van der Waals surface area (Å²) in [6.07, 6.45) is 5.58. The normalized spacial score (nSPS) is 11.0. The number of esters is 2. The van der Waals surface area contributed by atoms with Gasteiger partial charge in [0.1, 0.15) is 5.00 Å². The van der Waals surface area contributed by atoms with Gasteiger partial charge in [-0.3, -0.25) is 4.79 Å². The third-order valence-electron chi connectivity index (χ3n) is 4.10. The first-order chi connectivity index (χ1) is 14.8. The molecule has 2 aromatic rings. The van der Waals surface area contributed by atoms with Gasteiger partial charge in [-0.2, -0.15) is 0 Å². The van der Waals surface area contributed by atoms with Crippen LogP contribution in [0.2, 0.25) is 0 Å². The van der Waals surface area contributed by atoms with Gasteiger partial charge in [0.15, 0.2) is 6.61 Å². The Hall–Kier alpha value is -2.58. The Morgan fingerprint density at radius 1 is 1.16 bits per heavy atom. The van der Waals surface area contributed by atoms with Gasteiger partial charge in [0.05, 0.1) is 12.2 Å². The fourth-order valence-electron chi connectivity index (χ4n) is 2.73. The predicted octanol–water partition coefficient (Wildman–Crippen LogP) is 5.04.